The van der Waals surface area contributed by atoms with Crippen molar-refractivity contribution in [3.8, 4) is 5.75 Å². The SMILES string of the molecule is Cc1ccc(OC[C@H](O)CN2CCCC[C@@H]2C)c(C(C)(C)C)c1. The van der Waals surface area contributed by atoms with Gasteiger partial charge in [-0.1, -0.05) is 44.9 Å². The highest BCUT2D eigenvalue weighted by Gasteiger charge is 2.22. The van der Waals surface area contributed by atoms with Crippen molar-refractivity contribution in [3.05, 3.63) is 29.3 Å². The molecule has 0 bridgehead atoms. The highest BCUT2D eigenvalue weighted by Crippen LogP contribution is 2.32. The second-order valence-corrected chi connectivity index (χ2v) is 8.05. The molecule has 1 fully saturated rings. The predicted octanol–water partition coefficient (Wildman–Crippen LogP) is 3.91. The first-order valence-corrected chi connectivity index (χ1v) is 8.93. The summed E-state index contributed by atoms with van der Waals surface area (Å²) in [5.41, 5.74) is 2.48. The van der Waals surface area contributed by atoms with Crippen LogP contribution in [0.15, 0.2) is 18.2 Å². The lowest BCUT2D eigenvalue weighted by atomic mass is 9.85. The Morgan fingerprint density at radius 1 is 1.30 bits per heavy atom. The van der Waals surface area contributed by atoms with Crippen molar-refractivity contribution in [2.75, 3.05) is 19.7 Å². The van der Waals surface area contributed by atoms with E-state index in [-0.39, 0.29) is 5.41 Å². The van der Waals surface area contributed by atoms with E-state index in [2.05, 4.69) is 51.7 Å². The van der Waals surface area contributed by atoms with Crippen LogP contribution in [-0.2, 0) is 5.41 Å². The van der Waals surface area contributed by atoms with Gasteiger partial charge in [0.2, 0.25) is 0 Å². The maximum absolute atomic E-state index is 10.4. The van der Waals surface area contributed by atoms with Gasteiger partial charge < -0.3 is 9.84 Å². The molecule has 3 nitrogen and oxygen atoms in total. The molecule has 0 saturated carbocycles. The second-order valence-electron chi connectivity index (χ2n) is 8.05. The Morgan fingerprint density at radius 2 is 2.04 bits per heavy atom. The fraction of sp³-hybridized carbons (Fsp3) is 0.700. The molecule has 1 aliphatic heterocycles. The largest absolute Gasteiger partial charge is 0.491 e. The number of likely N-dealkylation sites (tertiary alicyclic amines) is 1. The van der Waals surface area contributed by atoms with E-state index in [0.717, 1.165) is 12.3 Å². The zero-order valence-corrected chi connectivity index (χ0v) is 15.4. The molecule has 1 aromatic carbocycles. The minimum absolute atomic E-state index is 0.0354. The molecule has 0 amide bonds. The van der Waals surface area contributed by atoms with Gasteiger partial charge in [0.1, 0.15) is 18.5 Å². The van der Waals surface area contributed by atoms with Crippen molar-refractivity contribution in [3.63, 3.8) is 0 Å². The van der Waals surface area contributed by atoms with Crippen molar-refractivity contribution in [1.29, 1.82) is 0 Å². The van der Waals surface area contributed by atoms with Crippen LogP contribution < -0.4 is 4.74 Å². The normalized spacial score (nSPS) is 21.2. The average Bonchev–Trinajstić information content (AvgIpc) is 2.47. The molecule has 0 spiro atoms. The van der Waals surface area contributed by atoms with Gasteiger partial charge in [0.05, 0.1) is 0 Å². The molecular weight excluding hydrogens is 286 g/mol. The van der Waals surface area contributed by atoms with Crippen LogP contribution in [0.1, 0.15) is 58.1 Å². The van der Waals surface area contributed by atoms with Gasteiger partial charge in [0, 0.05) is 12.6 Å². The number of β-amino-alcohol motifs (C(OH)–C–C–N with tert-alkyl or cyclic N) is 1. The summed E-state index contributed by atoms with van der Waals surface area (Å²) in [6.45, 7) is 13.1. The third kappa shape index (κ3) is 5.22. The number of aliphatic hydroxyl groups is 1. The molecule has 23 heavy (non-hydrogen) atoms. The Kier molecular flexibility index (Phi) is 6.10. The van der Waals surface area contributed by atoms with Gasteiger partial charge >= 0.3 is 0 Å². The van der Waals surface area contributed by atoms with Crippen LogP contribution in [0, 0.1) is 6.92 Å². The zero-order chi connectivity index (χ0) is 17.0. The number of aryl methyl sites for hydroxylation is 1. The highest BCUT2D eigenvalue weighted by molar-refractivity contribution is 5.41. The molecular formula is C20H33NO2. The Morgan fingerprint density at radius 3 is 2.70 bits per heavy atom. The standard InChI is InChI=1S/C20H33NO2/c1-15-9-10-19(18(12-15)20(3,4)5)23-14-17(22)13-21-11-7-6-8-16(21)2/h9-10,12,16-17,22H,6-8,11,13-14H2,1-5H3/t16-,17+/m0/s1. The molecule has 1 saturated heterocycles. The molecule has 0 unspecified atom stereocenters. The molecule has 0 aliphatic carbocycles. The molecule has 1 heterocycles. The molecule has 130 valence electrons. The number of aliphatic hydroxyl groups excluding tert-OH is 1. The first kappa shape index (κ1) is 18.3. The first-order chi connectivity index (χ1) is 10.8. The van der Waals surface area contributed by atoms with Crippen LogP contribution in [0.5, 0.6) is 5.75 Å². The number of hydrogen-bond acceptors (Lipinski definition) is 3. The molecule has 2 atom stereocenters. The smallest absolute Gasteiger partial charge is 0.123 e. The third-order valence-corrected chi connectivity index (χ3v) is 4.76. The van der Waals surface area contributed by atoms with Gasteiger partial charge in [-0.25, -0.2) is 0 Å². The molecule has 1 aliphatic rings. The number of piperidine rings is 1. The van der Waals surface area contributed by atoms with E-state index in [4.69, 9.17) is 4.74 Å². The molecule has 0 aromatic heterocycles. The molecule has 1 aromatic rings. The van der Waals surface area contributed by atoms with Crippen LogP contribution in [0.25, 0.3) is 0 Å². The summed E-state index contributed by atoms with van der Waals surface area (Å²) in [6, 6.07) is 6.87. The predicted molar refractivity (Wildman–Crippen MR) is 96.3 cm³/mol. The topological polar surface area (TPSA) is 32.7 Å². The van der Waals surface area contributed by atoms with Gasteiger partial charge in [0.25, 0.3) is 0 Å². The van der Waals surface area contributed by atoms with E-state index in [1.165, 1.54) is 30.4 Å². The third-order valence-electron chi connectivity index (χ3n) is 4.76. The van der Waals surface area contributed by atoms with Crippen LogP contribution in [-0.4, -0.2) is 41.8 Å². The fourth-order valence-corrected chi connectivity index (χ4v) is 3.29. The molecule has 2 rings (SSSR count). The molecule has 1 N–H and O–H groups in total. The maximum Gasteiger partial charge on any atom is 0.123 e. The lowest BCUT2D eigenvalue weighted by Gasteiger charge is -2.34. The average molecular weight is 319 g/mol. The van der Waals surface area contributed by atoms with E-state index in [1.807, 2.05) is 6.07 Å². The lowest BCUT2D eigenvalue weighted by Crippen LogP contribution is -2.43. The van der Waals surface area contributed by atoms with Gasteiger partial charge in [-0.15, -0.1) is 0 Å². The Labute approximate surface area is 141 Å². The van der Waals surface area contributed by atoms with Crippen molar-refractivity contribution in [2.45, 2.75) is 71.4 Å². The first-order valence-electron chi connectivity index (χ1n) is 8.93. The van der Waals surface area contributed by atoms with E-state index < -0.39 is 6.10 Å². The van der Waals surface area contributed by atoms with E-state index in [1.54, 1.807) is 0 Å². The van der Waals surface area contributed by atoms with Crippen molar-refractivity contribution in [1.82, 2.24) is 4.90 Å². The van der Waals surface area contributed by atoms with Crippen LogP contribution in [0.4, 0.5) is 0 Å². The number of hydrogen-bond donors (Lipinski definition) is 1. The molecule has 0 radical (unpaired) electrons. The Balaban J connectivity index is 1.95. The van der Waals surface area contributed by atoms with Crippen LogP contribution >= 0.6 is 0 Å². The monoisotopic (exact) mass is 319 g/mol. The fourth-order valence-electron chi connectivity index (χ4n) is 3.29. The summed E-state index contributed by atoms with van der Waals surface area (Å²) in [6.07, 6.45) is 3.34. The van der Waals surface area contributed by atoms with Crippen molar-refractivity contribution >= 4 is 0 Å². The number of benzene rings is 1. The van der Waals surface area contributed by atoms with Crippen LogP contribution in [0.3, 0.4) is 0 Å². The van der Waals surface area contributed by atoms with Gasteiger partial charge in [-0.3, -0.25) is 4.90 Å². The van der Waals surface area contributed by atoms with E-state index in [9.17, 15) is 5.11 Å². The van der Waals surface area contributed by atoms with Crippen molar-refractivity contribution in [2.24, 2.45) is 0 Å². The number of rotatable bonds is 5. The lowest BCUT2D eigenvalue weighted by molar-refractivity contribution is 0.0433. The minimum Gasteiger partial charge on any atom is -0.491 e. The van der Waals surface area contributed by atoms with Gasteiger partial charge in [0.15, 0.2) is 0 Å². The quantitative estimate of drug-likeness (QED) is 0.893. The molecule has 3 heteroatoms. The minimum atomic E-state index is -0.440. The summed E-state index contributed by atoms with van der Waals surface area (Å²) < 4.78 is 5.98. The van der Waals surface area contributed by atoms with Gasteiger partial charge in [-0.05, 0) is 50.3 Å². The summed E-state index contributed by atoms with van der Waals surface area (Å²) in [5, 5.41) is 10.4. The van der Waals surface area contributed by atoms with Gasteiger partial charge in [-0.2, -0.15) is 0 Å². The Hall–Kier alpha value is -1.06. The van der Waals surface area contributed by atoms with E-state index >= 15 is 0 Å². The van der Waals surface area contributed by atoms with Crippen molar-refractivity contribution < 1.29 is 9.84 Å². The number of ether oxygens (including phenoxy) is 1. The zero-order valence-electron chi connectivity index (χ0n) is 15.4. The summed E-state index contributed by atoms with van der Waals surface area (Å²) in [7, 11) is 0. The highest BCUT2D eigenvalue weighted by atomic mass is 16.5. The number of nitrogens with zero attached hydrogens (tertiary/aromatic N) is 1. The summed E-state index contributed by atoms with van der Waals surface area (Å²) >= 11 is 0. The second kappa shape index (κ2) is 7.67. The van der Waals surface area contributed by atoms with E-state index in [0.29, 0.717) is 19.2 Å². The maximum atomic E-state index is 10.4. The van der Waals surface area contributed by atoms with Crippen LogP contribution in [0.2, 0.25) is 0 Å². The Bertz CT molecular complexity index is 507. The summed E-state index contributed by atoms with van der Waals surface area (Å²) in [4.78, 5) is 2.39. The summed E-state index contributed by atoms with van der Waals surface area (Å²) in [5.74, 6) is 0.897.